The third-order valence-corrected chi connectivity index (χ3v) is 3.03. The minimum Gasteiger partial charge on any atom is -0.377 e. The van der Waals surface area contributed by atoms with Crippen molar-refractivity contribution in [3.05, 3.63) is 35.4 Å². The largest absolute Gasteiger partial charge is 0.377 e. The summed E-state index contributed by atoms with van der Waals surface area (Å²) in [7, 11) is 0. The molecule has 0 bridgehead atoms. The number of rotatable bonds is 9. The standard InChI is InChI=1S/C16H26N2O2.ClH/c1-3-10-20-12-15-7-5-4-6-14(15)11-18-16(19)9-8-13(2)17;/h4-7,13H,3,8-12,17H2,1-2H3,(H,18,19);1H. The highest BCUT2D eigenvalue weighted by Gasteiger charge is 2.06. The Morgan fingerprint density at radius 3 is 2.62 bits per heavy atom. The molecule has 5 heteroatoms. The van der Waals surface area contributed by atoms with Gasteiger partial charge in [0.2, 0.25) is 5.91 Å². The summed E-state index contributed by atoms with van der Waals surface area (Å²) in [5.74, 6) is 0.0478. The molecular formula is C16H27ClN2O2. The first-order valence-corrected chi connectivity index (χ1v) is 7.30. The third-order valence-electron chi connectivity index (χ3n) is 3.03. The number of amides is 1. The van der Waals surface area contributed by atoms with E-state index in [9.17, 15) is 4.79 Å². The lowest BCUT2D eigenvalue weighted by atomic mass is 10.1. The molecule has 1 unspecified atom stereocenters. The van der Waals surface area contributed by atoms with Crippen LogP contribution < -0.4 is 11.1 Å². The molecule has 0 spiro atoms. The number of halogens is 1. The molecule has 0 aliphatic carbocycles. The molecule has 0 radical (unpaired) electrons. The van der Waals surface area contributed by atoms with Gasteiger partial charge in [0, 0.05) is 25.6 Å². The van der Waals surface area contributed by atoms with Crippen molar-refractivity contribution in [2.45, 2.75) is 52.3 Å². The highest BCUT2D eigenvalue weighted by atomic mass is 35.5. The molecule has 21 heavy (non-hydrogen) atoms. The molecule has 1 aromatic rings. The molecule has 0 aromatic heterocycles. The van der Waals surface area contributed by atoms with Crippen molar-refractivity contribution in [2.24, 2.45) is 5.73 Å². The number of ether oxygens (including phenoxy) is 1. The van der Waals surface area contributed by atoms with Crippen molar-refractivity contribution in [2.75, 3.05) is 6.61 Å². The van der Waals surface area contributed by atoms with Crippen LogP contribution in [0.2, 0.25) is 0 Å². The van der Waals surface area contributed by atoms with E-state index in [1.807, 2.05) is 31.2 Å². The van der Waals surface area contributed by atoms with Crippen molar-refractivity contribution in [3.63, 3.8) is 0 Å². The Bertz CT molecular complexity index is 411. The van der Waals surface area contributed by atoms with E-state index >= 15 is 0 Å². The molecule has 1 amide bonds. The summed E-state index contributed by atoms with van der Waals surface area (Å²) in [6.45, 7) is 5.90. The lowest BCUT2D eigenvalue weighted by Gasteiger charge is -2.11. The average Bonchev–Trinajstić information content (AvgIpc) is 2.44. The second-order valence-electron chi connectivity index (χ2n) is 5.11. The minimum absolute atomic E-state index is 0. The second kappa shape index (κ2) is 11.5. The highest BCUT2D eigenvalue weighted by molar-refractivity contribution is 5.85. The first kappa shape index (κ1) is 19.9. The Hall–Kier alpha value is -1.10. The zero-order valence-corrected chi connectivity index (χ0v) is 13.7. The van der Waals surface area contributed by atoms with Crippen LogP contribution in [-0.2, 0) is 22.7 Å². The molecule has 0 aliphatic rings. The Kier molecular flexibility index (Phi) is 10.9. The first-order chi connectivity index (χ1) is 9.63. The number of hydrogen-bond acceptors (Lipinski definition) is 3. The maximum Gasteiger partial charge on any atom is 0.220 e. The summed E-state index contributed by atoms with van der Waals surface area (Å²) in [6, 6.07) is 8.10. The van der Waals surface area contributed by atoms with Gasteiger partial charge in [-0.2, -0.15) is 0 Å². The Morgan fingerprint density at radius 2 is 2.00 bits per heavy atom. The van der Waals surface area contributed by atoms with Crippen LogP contribution >= 0.6 is 12.4 Å². The Morgan fingerprint density at radius 1 is 1.33 bits per heavy atom. The predicted molar refractivity (Wildman–Crippen MR) is 88.4 cm³/mol. The molecular weight excluding hydrogens is 288 g/mol. The van der Waals surface area contributed by atoms with E-state index in [1.165, 1.54) is 0 Å². The topological polar surface area (TPSA) is 64.3 Å². The van der Waals surface area contributed by atoms with Crippen LogP contribution in [0.3, 0.4) is 0 Å². The van der Waals surface area contributed by atoms with Gasteiger partial charge in [-0.25, -0.2) is 0 Å². The van der Waals surface area contributed by atoms with Gasteiger partial charge in [-0.1, -0.05) is 31.2 Å². The Balaban J connectivity index is 0.00000400. The van der Waals surface area contributed by atoms with Crippen LogP contribution in [-0.4, -0.2) is 18.6 Å². The lowest BCUT2D eigenvalue weighted by Crippen LogP contribution is -2.25. The quantitative estimate of drug-likeness (QED) is 0.689. The predicted octanol–water partition coefficient (Wildman–Crippen LogP) is 2.78. The molecule has 120 valence electrons. The summed E-state index contributed by atoms with van der Waals surface area (Å²) >= 11 is 0. The van der Waals surface area contributed by atoms with Crippen molar-refractivity contribution in [3.8, 4) is 0 Å². The van der Waals surface area contributed by atoms with Crippen molar-refractivity contribution < 1.29 is 9.53 Å². The summed E-state index contributed by atoms with van der Waals surface area (Å²) in [6.07, 6.45) is 2.20. The normalized spacial score (nSPS) is 11.6. The smallest absolute Gasteiger partial charge is 0.220 e. The van der Waals surface area contributed by atoms with Crippen LogP contribution in [0.15, 0.2) is 24.3 Å². The number of nitrogens with two attached hydrogens (primary N) is 1. The van der Waals surface area contributed by atoms with E-state index in [1.54, 1.807) is 0 Å². The molecule has 0 fully saturated rings. The van der Waals surface area contributed by atoms with Gasteiger partial charge in [-0.3, -0.25) is 4.79 Å². The van der Waals surface area contributed by atoms with Crippen molar-refractivity contribution >= 4 is 18.3 Å². The van der Waals surface area contributed by atoms with E-state index in [2.05, 4.69) is 12.2 Å². The third kappa shape index (κ3) is 8.71. The zero-order chi connectivity index (χ0) is 14.8. The van der Waals surface area contributed by atoms with Gasteiger partial charge in [0.1, 0.15) is 0 Å². The van der Waals surface area contributed by atoms with Crippen LogP contribution in [0.1, 0.15) is 44.2 Å². The summed E-state index contributed by atoms with van der Waals surface area (Å²) in [5.41, 5.74) is 7.89. The molecule has 3 N–H and O–H groups in total. The van der Waals surface area contributed by atoms with Gasteiger partial charge < -0.3 is 15.8 Å². The van der Waals surface area contributed by atoms with E-state index in [0.29, 0.717) is 26.0 Å². The van der Waals surface area contributed by atoms with E-state index in [-0.39, 0.29) is 24.4 Å². The van der Waals surface area contributed by atoms with Crippen LogP contribution in [0.25, 0.3) is 0 Å². The fourth-order valence-electron chi connectivity index (χ4n) is 1.84. The highest BCUT2D eigenvalue weighted by Crippen LogP contribution is 2.10. The maximum absolute atomic E-state index is 11.7. The van der Waals surface area contributed by atoms with Gasteiger partial charge in [0.25, 0.3) is 0 Å². The summed E-state index contributed by atoms with van der Waals surface area (Å²) < 4.78 is 5.57. The molecule has 0 aliphatic heterocycles. The van der Waals surface area contributed by atoms with Crippen LogP contribution in [0, 0.1) is 0 Å². The van der Waals surface area contributed by atoms with Crippen LogP contribution in [0.5, 0.6) is 0 Å². The monoisotopic (exact) mass is 314 g/mol. The van der Waals surface area contributed by atoms with Gasteiger partial charge >= 0.3 is 0 Å². The molecule has 1 atom stereocenters. The fourth-order valence-corrected chi connectivity index (χ4v) is 1.84. The SMILES string of the molecule is CCCOCc1ccccc1CNC(=O)CCC(C)N.Cl. The maximum atomic E-state index is 11.7. The first-order valence-electron chi connectivity index (χ1n) is 7.30. The number of nitrogens with one attached hydrogen (secondary N) is 1. The number of carbonyl (C=O) groups excluding carboxylic acids is 1. The average molecular weight is 315 g/mol. The van der Waals surface area contributed by atoms with E-state index in [4.69, 9.17) is 10.5 Å². The van der Waals surface area contributed by atoms with Crippen molar-refractivity contribution in [1.29, 1.82) is 0 Å². The summed E-state index contributed by atoms with van der Waals surface area (Å²) in [5, 5.41) is 2.94. The molecule has 0 heterocycles. The molecule has 0 saturated heterocycles. The lowest BCUT2D eigenvalue weighted by molar-refractivity contribution is -0.121. The molecule has 4 nitrogen and oxygen atoms in total. The number of hydrogen-bond donors (Lipinski definition) is 2. The van der Waals surface area contributed by atoms with Gasteiger partial charge in [0.05, 0.1) is 6.61 Å². The van der Waals surface area contributed by atoms with Gasteiger partial charge in [0.15, 0.2) is 0 Å². The second-order valence-corrected chi connectivity index (χ2v) is 5.11. The molecule has 0 saturated carbocycles. The minimum atomic E-state index is 0. The zero-order valence-electron chi connectivity index (χ0n) is 12.9. The van der Waals surface area contributed by atoms with Gasteiger partial charge in [-0.05, 0) is 30.9 Å². The molecule has 1 aromatic carbocycles. The van der Waals surface area contributed by atoms with E-state index < -0.39 is 0 Å². The summed E-state index contributed by atoms with van der Waals surface area (Å²) in [4.78, 5) is 11.7. The Labute approximate surface area is 133 Å². The van der Waals surface area contributed by atoms with E-state index in [0.717, 1.165) is 24.2 Å². The van der Waals surface area contributed by atoms with Crippen molar-refractivity contribution in [1.82, 2.24) is 5.32 Å². The molecule has 1 rings (SSSR count). The van der Waals surface area contributed by atoms with Gasteiger partial charge in [-0.15, -0.1) is 12.4 Å². The number of carbonyl (C=O) groups is 1. The number of benzene rings is 1. The van der Waals surface area contributed by atoms with Crippen LogP contribution in [0.4, 0.5) is 0 Å². The fraction of sp³-hybridized carbons (Fsp3) is 0.562.